The second-order valence-corrected chi connectivity index (χ2v) is 5.63. The molecule has 0 radical (unpaired) electrons. The molecule has 0 aliphatic carbocycles. The van der Waals surface area contributed by atoms with E-state index < -0.39 is 0 Å². The van der Waals surface area contributed by atoms with Crippen LogP contribution < -0.4 is 5.32 Å². The van der Waals surface area contributed by atoms with E-state index in [9.17, 15) is 0 Å². The summed E-state index contributed by atoms with van der Waals surface area (Å²) in [4.78, 5) is 3.13. The van der Waals surface area contributed by atoms with Crippen molar-refractivity contribution in [3.05, 3.63) is 0 Å². The Labute approximate surface area is 78.1 Å². The van der Waals surface area contributed by atoms with Gasteiger partial charge in [-0.25, -0.2) is 0 Å². The number of nitrogens with one attached hydrogen (secondary N) is 1. The number of rotatable bonds is 0. The van der Waals surface area contributed by atoms with Gasteiger partial charge >= 0.3 is 0 Å². The molecule has 2 nitrogen and oxygen atoms in total. The van der Waals surface area contributed by atoms with Crippen molar-refractivity contribution in [2.45, 2.75) is 17.7 Å². The van der Waals surface area contributed by atoms with Crippen LogP contribution in [0.15, 0.2) is 0 Å². The minimum Gasteiger partial charge on any atom is -0.303 e. The first kappa shape index (κ1) is 7.65. The van der Waals surface area contributed by atoms with Crippen LogP contribution in [0, 0.1) is 5.92 Å². The monoisotopic (exact) mass is 184 g/mol. The number of hydrogen-bond acceptors (Lipinski definition) is 3. The lowest BCUT2D eigenvalue weighted by Crippen LogP contribution is -2.50. The van der Waals surface area contributed by atoms with E-state index in [0.717, 1.165) is 5.92 Å². The minimum atomic E-state index is 0.507. The standard InChI is InChI=1S/C9H16N2S/c1-4-11-5-2-9(8(1)7-11)10-3-6-12-9/h8,10H,1-7H2. The third kappa shape index (κ3) is 0.963. The van der Waals surface area contributed by atoms with E-state index in [0.29, 0.717) is 4.87 Å². The van der Waals surface area contributed by atoms with Gasteiger partial charge in [-0.3, -0.25) is 0 Å². The van der Waals surface area contributed by atoms with E-state index in [1.54, 1.807) is 0 Å². The van der Waals surface area contributed by atoms with Gasteiger partial charge in [-0.2, -0.15) is 0 Å². The Bertz CT molecular complexity index is 189. The Morgan fingerprint density at radius 3 is 3.25 bits per heavy atom. The Hall–Kier alpha value is 0.270. The molecule has 2 bridgehead atoms. The number of hydrogen-bond donors (Lipinski definition) is 1. The van der Waals surface area contributed by atoms with Gasteiger partial charge in [0.15, 0.2) is 0 Å². The third-order valence-electron chi connectivity index (χ3n) is 3.62. The predicted octanol–water partition coefficient (Wildman–Crippen LogP) is 0.745. The summed E-state index contributed by atoms with van der Waals surface area (Å²) in [6.45, 7) is 5.28. The van der Waals surface area contributed by atoms with Crippen molar-refractivity contribution in [2.75, 3.05) is 31.9 Å². The topological polar surface area (TPSA) is 15.3 Å². The largest absolute Gasteiger partial charge is 0.303 e. The van der Waals surface area contributed by atoms with E-state index in [1.807, 2.05) is 0 Å². The highest BCUT2D eigenvalue weighted by molar-refractivity contribution is 8.00. The summed E-state index contributed by atoms with van der Waals surface area (Å²) in [5.74, 6) is 2.27. The molecule has 3 saturated heterocycles. The SMILES string of the molecule is C1CSC2(CCN3CCC2C3)N1. The summed E-state index contributed by atoms with van der Waals surface area (Å²) in [5.41, 5.74) is 0. The van der Waals surface area contributed by atoms with Crippen LogP contribution in [0.4, 0.5) is 0 Å². The molecule has 3 aliphatic rings. The van der Waals surface area contributed by atoms with Crippen molar-refractivity contribution in [3.8, 4) is 0 Å². The molecule has 0 aromatic rings. The molecule has 0 saturated carbocycles. The molecule has 0 aromatic heterocycles. The van der Waals surface area contributed by atoms with Crippen LogP contribution in [0.3, 0.4) is 0 Å². The first-order valence-corrected chi connectivity index (χ1v) is 5.99. The Morgan fingerprint density at radius 1 is 1.42 bits per heavy atom. The number of fused-ring (bicyclic) bond motifs is 3. The summed E-state index contributed by atoms with van der Waals surface area (Å²) in [7, 11) is 0. The van der Waals surface area contributed by atoms with Gasteiger partial charge < -0.3 is 10.2 Å². The van der Waals surface area contributed by atoms with Crippen LogP contribution in [0.5, 0.6) is 0 Å². The molecule has 12 heavy (non-hydrogen) atoms. The van der Waals surface area contributed by atoms with Crippen LogP contribution in [0.25, 0.3) is 0 Å². The average molecular weight is 184 g/mol. The maximum atomic E-state index is 3.74. The molecule has 3 heteroatoms. The fraction of sp³-hybridized carbons (Fsp3) is 1.00. The molecular weight excluding hydrogens is 168 g/mol. The smallest absolute Gasteiger partial charge is 0.0699 e. The molecule has 3 rings (SSSR count). The van der Waals surface area contributed by atoms with Gasteiger partial charge in [0.05, 0.1) is 4.87 Å². The van der Waals surface area contributed by atoms with Gasteiger partial charge in [0.1, 0.15) is 0 Å². The molecule has 3 unspecified atom stereocenters. The molecular formula is C9H16N2S. The van der Waals surface area contributed by atoms with Gasteiger partial charge in [0.25, 0.3) is 0 Å². The Kier molecular flexibility index (Phi) is 1.68. The summed E-state index contributed by atoms with van der Waals surface area (Å²) in [6, 6.07) is 0. The Morgan fingerprint density at radius 2 is 2.42 bits per heavy atom. The van der Waals surface area contributed by atoms with E-state index in [4.69, 9.17) is 0 Å². The van der Waals surface area contributed by atoms with Crippen molar-refractivity contribution in [1.82, 2.24) is 10.2 Å². The van der Waals surface area contributed by atoms with Crippen LogP contribution >= 0.6 is 11.8 Å². The van der Waals surface area contributed by atoms with Crippen molar-refractivity contribution in [2.24, 2.45) is 5.92 Å². The average Bonchev–Trinajstić information content (AvgIpc) is 2.64. The molecule has 0 amide bonds. The molecule has 1 N–H and O–H groups in total. The molecule has 68 valence electrons. The van der Waals surface area contributed by atoms with Crippen LogP contribution in [0.2, 0.25) is 0 Å². The highest BCUT2D eigenvalue weighted by Gasteiger charge is 2.47. The van der Waals surface area contributed by atoms with Crippen molar-refractivity contribution in [1.29, 1.82) is 0 Å². The maximum Gasteiger partial charge on any atom is 0.0699 e. The third-order valence-corrected chi connectivity index (χ3v) is 5.22. The van der Waals surface area contributed by atoms with Gasteiger partial charge in [0, 0.05) is 31.3 Å². The number of thioether (sulfide) groups is 1. The highest BCUT2D eigenvalue weighted by Crippen LogP contribution is 2.45. The van der Waals surface area contributed by atoms with Gasteiger partial charge in [-0.1, -0.05) is 0 Å². The molecule has 1 spiro atoms. The lowest BCUT2D eigenvalue weighted by molar-refractivity contribution is 0.208. The summed E-state index contributed by atoms with van der Waals surface area (Å²) >= 11 is 2.19. The predicted molar refractivity (Wildman–Crippen MR) is 52.4 cm³/mol. The summed E-state index contributed by atoms with van der Waals surface area (Å²) in [5, 5.41) is 3.74. The second-order valence-electron chi connectivity index (χ2n) is 4.20. The van der Waals surface area contributed by atoms with Crippen molar-refractivity contribution >= 4 is 11.8 Å². The quantitative estimate of drug-likeness (QED) is 0.598. The molecule has 3 heterocycles. The Balaban J connectivity index is 1.85. The highest BCUT2D eigenvalue weighted by atomic mass is 32.2. The molecule has 3 aliphatic heterocycles. The van der Waals surface area contributed by atoms with E-state index in [2.05, 4.69) is 22.0 Å². The zero-order valence-corrected chi connectivity index (χ0v) is 8.20. The van der Waals surface area contributed by atoms with Gasteiger partial charge in [0.2, 0.25) is 0 Å². The van der Waals surface area contributed by atoms with Crippen molar-refractivity contribution < 1.29 is 0 Å². The van der Waals surface area contributed by atoms with Gasteiger partial charge in [-0.05, 0) is 19.4 Å². The normalized spacial score (nSPS) is 52.0. The fourth-order valence-electron chi connectivity index (χ4n) is 2.91. The van der Waals surface area contributed by atoms with Crippen LogP contribution in [-0.2, 0) is 0 Å². The van der Waals surface area contributed by atoms with Crippen LogP contribution in [-0.4, -0.2) is 41.7 Å². The first-order chi connectivity index (χ1) is 5.89. The van der Waals surface area contributed by atoms with Crippen LogP contribution in [0.1, 0.15) is 12.8 Å². The van der Waals surface area contributed by atoms with Crippen molar-refractivity contribution in [3.63, 3.8) is 0 Å². The molecule has 0 aromatic carbocycles. The van der Waals surface area contributed by atoms with Gasteiger partial charge in [-0.15, -0.1) is 11.8 Å². The molecule has 3 fully saturated rings. The lowest BCUT2D eigenvalue weighted by atomic mass is 9.93. The maximum absolute atomic E-state index is 3.74. The number of piperidine rings is 1. The zero-order chi connectivity index (χ0) is 8.02. The number of nitrogens with zero attached hydrogens (tertiary/aromatic N) is 1. The second kappa shape index (κ2) is 2.63. The minimum absolute atomic E-state index is 0.507. The van der Waals surface area contributed by atoms with E-state index >= 15 is 0 Å². The van der Waals surface area contributed by atoms with E-state index in [1.165, 1.54) is 44.8 Å². The summed E-state index contributed by atoms with van der Waals surface area (Å²) in [6.07, 6.45) is 2.81. The zero-order valence-electron chi connectivity index (χ0n) is 7.38. The van der Waals surface area contributed by atoms with E-state index in [-0.39, 0.29) is 0 Å². The molecule has 3 atom stereocenters. The lowest BCUT2D eigenvalue weighted by Gasteiger charge is -2.39. The fourth-order valence-corrected chi connectivity index (χ4v) is 4.35. The first-order valence-electron chi connectivity index (χ1n) is 5.00. The summed E-state index contributed by atoms with van der Waals surface area (Å²) < 4.78 is 0.